The fourth-order valence-electron chi connectivity index (χ4n) is 2.66. The normalized spacial score (nSPS) is 22.9. The van der Waals surface area contributed by atoms with Crippen LogP contribution in [-0.4, -0.2) is 50.5 Å². The van der Waals surface area contributed by atoms with Crippen LogP contribution in [0.5, 0.6) is 5.75 Å². The molecule has 0 saturated carbocycles. The van der Waals surface area contributed by atoms with Gasteiger partial charge < -0.3 is 14.4 Å². The Morgan fingerprint density at radius 2 is 1.95 bits per heavy atom. The summed E-state index contributed by atoms with van der Waals surface area (Å²) >= 11 is 0. The summed E-state index contributed by atoms with van der Waals surface area (Å²) in [6.45, 7) is 3.07. The first-order valence-corrected chi connectivity index (χ1v) is 7.09. The molecule has 0 N–H and O–H groups in total. The van der Waals surface area contributed by atoms with E-state index >= 15 is 0 Å². The number of ketones is 1. The van der Waals surface area contributed by atoms with E-state index in [1.807, 2.05) is 36.2 Å². The molecule has 0 amide bonds. The van der Waals surface area contributed by atoms with Crippen molar-refractivity contribution in [2.24, 2.45) is 5.92 Å². The lowest BCUT2D eigenvalue weighted by Crippen LogP contribution is -2.47. The molecular formula is C16H21NO4. The van der Waals surface area contributed by atoms with Crippen molar-refractivity contribution in [2.45, 2.75) is 12.8 Å². The van der Waals surface area contributed by atoms with Crippen molar-refractivity contribution in [3.8, 4) is 5.75 Å². The van der Waals surface area contributed by atoms with Crippen molar-refractivity contribution in [1.82, 2.24) is 4.90 Å². The number of rotatable bonds is 4. The Labute approximate surface area is 124 Å². The number of nitrogens with zero attached hydrogens (tertiary/aromatic N) is 1. The molecule has 2 rings (SSSR count). The minimum absolute atomic E-state index is 0.0586. The highest BCUT2D eigenvalue weighted by Gasteiger charge is 2.39. The van der Waals surface area contributed by atoms with E-state index in [4.69, 9.17) is 9.47 Å². The van der Waals surface area contributed by atoms with E-state index in [0.717, 1.165) is 11.3 Å². The Morgan fingerprint density at radius 1 is 1.29 bits per heavy atom. The summed E-state index contributed by atoms with van der Waals surface area (Å²) in [7, 11) is 3.51. The topological polar surface area (TPSA) is 55.8 Å². The fraction of sp³-hybridized carbons (Fsp3) is 0.500. The summed E-state index contributed by atoms with van der Waals surface area (Å²) in [6, 6.07) is 7.42. The minimum atomic E-state index is -0.698. The maximum Gasteiger partial charge on any atom is 0.317 e. The van der Waals surface area contributed by atoms with E-state index in [2.05, 4.69) is 0 Å². The van der Waals surface area contributed by atoms with E-state index in [9.17, 15) is 9.59 Å². The predicted octanol–water partition coefficient (Wildman–Crippen LogP) is 1.47. The van der Waals surface area contributed by atoms with Gasteiger partial charge in [-0.05, 0) is 31.7 Å². The quantitative estimate of drug-likeness (QED) is 0.621. The second-order valence-electron chi connectivity index (χ2n) is 5.25. The van der Waals surface area contributed by atoms with Crippen molar-refractivity contribution in [2.75, 3.05) is 33.9 Å². The maximum absolute atomic E-state index is 12.6. The zero-order chi connectivity index (χ0) is 15.4. The number of hydrogen-bond acceptors (Lipinski definition) is 5. The Balaban J connectivity index is 2.21. The lowest BCUT2D eigenvalue weighted by atomic mass is 9.83. The van der Waals surface area contributed by atoms with Crippen LogP contribution >= 0.6 is 0 Å². The van der Waals surface area contributed by atoms with Crippen LogP contribution in [0.3, 0.4) is 0 Å². The highest BCUT2D eigenvalue weighted by Crippen LogP contribution is 2.28. The molecule has 2 atom stereocenters. The third kappa shape index (κ3) is 3.42. The van der Waals surface area contributed by atoms with Gasteiger partial charge in [0.15, 0.2) is 5.78 Å². The van der Waals surface area contributed by atoms with Crippen LogP contribution in [0, 0.1) is 5.92 Å². The van der Waals surface area contributed by atoms with Gasteiger partial charge in [0.25, 0.3) is 0 Å². The first-order chi connectivity index (χ1) is 10.1. The number of ether oxygens (including phenoxy) is 2. The Morgan fingerprint density at radius 3 is 2.52 bits per heavy atom. The molecule has 0 radical (unpaired) electrons. The lowest BCUT2D eigenvalue weighted by Gasteiger charge is -2.33. The van der Waals surface area contributed by atoms with E-state index in [1.54, 1.807) is 14.0 Å². The average Bonchev–Trinajstić information content (AvgIpc) is 2.49. The summed E-state index contributed by atoms with van der Waals surface area (Å²) in [5.41, 5.74) is 0.904. The molecular weight excluding hydrogens is 270 g/mol. The Kier molecular flexibility index (Phi) is 4.96. The van der Waals surface area contributed by atoms with Gasteiger partial charge in [0, 0.05) is 13.1 Å². The maximum atomic E-state index is 12.6. The van der Waals surface area contributed by atoms with Crippen molar-refractivity contribution in [1.29, 1.82) is 0 Å². The van der Waals surface area contributed by atoms with Crippen LogP contribution in [-0.2, 0) is 14.3 Å². The third-order valence-electron chi connectivity index (χ3n) is 3.76. The van der Waals surface area contributed by atoms with Gasteiger partial charge in [-0.2, -0.15) is 0 Å². The number of carbonyl (C=O) groups is 2. The molecule has 0 aliphatic carbocycles. The molecule has 1 aliphatic rings. The van der Waals surface area contributed by atoms with Gasteiger partial charge >= 0.3 is 5.97 Å². The summed E-state index contributed by atoms with van der Waals surface area (Å²) in [5.74, 6) is -0.735. The van der Waals surface area contributed by atoms with Gasteiger partial charge in [-0.1, -0.05) is 12.1 Å². The molecule has 0 aromatic heterocycles. The number of esters is 1. The monoisotopic (exact) mass is 291 g/mol. The number of piperidine rings is 1. The molecule has 21 heavy (non-hydrogen) atoms. The van der Waals surface area contributed by atoms with Crippen LogP contribution in [0.4, 0.5) is 0 Å². The zero-order valence-electron chi connectivity index (χ0n) is 12.7. The highest BCUT2D eigenvalue weighted by atomic mass is 16.5. The molecule has 5 heteroatoms. The van der Waals surface area contributed by atoms with Crippen molar-refractivity contribution >= 4 is 11.8 Å². The molecule has 1 aromatic rings. The number of methoxy groups -OCH3 is 1. The summed E-state index contributed by atoms with van der Waals surface area (Å²) < 4.78 is 10.1. The van der Waals surface area contributed by atoms with Gasteiger partial charge in [0.1, 0.15) is 11.7 Å². The number of benzene rings is 1. The fourth-order valence-corrected chi connectivity index (χ4v) is 2.66. The summed E-state index contributed by atoms with van der Waals surface area (Å²) in [5, 5.41) is 0. The molecule has 114 valence electrons. The molecule has 5 nitrogen and oxygen atoms in total. The zero-order valence-corrected chi connectivity index (χ0v) is 12.7. The van der Waals surface area contributed by atoms with E-state index in [0.29, 0.717) is 19.7 Å². The largest absolute Gasteiger partial charge is 0.497 e. The molecule has 1 saturated heterocycles. The van der Waals surface area contributed by atoms with Gasteiger partial charge in [-0.15, -0.1) is 0 Å². The number of Topliss-reactive ketones (excluding diaryl/α,β-unsaturated/α-hetero) is 1. The molecule has 0 spiro atoms. The van der Waals surface area contributed by atoms with Gasteiger partial charge in [-0.3, -0.25) is 9.59 Å². The lowest BCUT2D eigenvalue weighted by molar-refractivity contribution is -0.154. The van der Waals surface area contributed by atoms with Crippen molar-refractivity contribution < 1.29 is 19.1 Å². The third-order valence-corrected chi connectivity index (χ3v) is 3.76. The van der Waals surface area contributed by atoms with Crippen LogP contribution in [0.1, 0.15) is 18.4 Å². The Hall–Kier alpha value is -1.88. The summed E-state index contributed by atoms with van der Waals surface area (Å²) in [4.78, 5) is 26.5. The van der Waals surface area contributed by atoms with E-state index in [-0.39, 0.29) is 11.7 Å². The van der Waals surface area contributed by atoms with Crippen LogP contribution < -0.4 is 4.74 Å². The first-order valence-electron chi connectivity index (χ1n) is 7.09. The second-order valence-corrected chi connectivity index (χ2v) is 5.25. The molecule has 1 fully saturated rings. The first kappa shape index (κ1) is 15.5. The average molecular weight is 291 g/mol. The molecule has 0 bridgehead atoms. The van der Waals surface area contributed by atoms with E-state index < -0.39 is 11.9 Å². The van der Waals surface area contributed by atoms with Crippen LogP contribution in [0.2, 0.25) is 0 Å². The number of likely N-dealkylation sites (N-methyl/N-ethyl adjacent to an activating group) is 1. The number of likely N-dealkylation sites (tertiary alicyclic amines) is 1. The van der Waals surface area contributed by atoms with Gasteiger partial charge in [0.05, 0.1) is 19.6 Å². The standard InChI is InChI=1S/C16H21NO4/c1-4-21-16(19)14-10-17(2)9-13(15(14)18)11-5-7-12(20-3)8-6-11/h5-8,13-14H,4,9-10H2,1-3H3. The Bertz CT molecular complexity index is 512. The number of carbonyl (C=O) groups excluding carboxylic acids is 2. The second kappa shape index (κ2) is 6.72. The molecule has 1 aromatic carbocycles. The van der Waals surface area contributed by atoms with Gasteiger partial charge in [-0.25, -0.2) is 0 Å². The minimum Gasteiger partial charge on any atom is -0.497 e. The smallest absolute Gasteiger partial charge is 0.317 e. The molecule has 1 aliphatic heterocycles. The van der Waals surface area contributed by atoms with Crippen LogP contribution in [0.25, 0.3) is 0 Å². The predicted molar refractivity (Wildman–Crippen MR) is 78.4 cm³/mol. The van der Waals surface area contributed by atoms with E-state index in [1.165, 1.54) is 0 Å². The highest BCUT2D eigenvalue weighted by molar-refractivity contribution is 6.03. The molecule has 1 heterocycles. The SMILES string of the molecule is CCOC(=O)C1CN(C)CC(c2ccc(OC)cc2)C1=O. The summed E-state index contributed by atoms with van der Waals surface area (Å²) in [6.07, 6.45) is 0. The van der Waals surface area contributed by atoms with Crippen LogP contribution in [0.15, 0.2) is 24.3 Å². The van der Waals surface area contributed by atoms with Crippen molar-refractivity contribution in [3.05, 3.63) is 29.8 Å². The molecule has 2 unspecified atom stereocenters. The van der Waals surface area contributed by atoms with Gasteiger partial charge in [0.2, 0.25) is 0 Å². The van der Waals surface area contributed by atoms with Crippen molar-refractivity contribution in [3.63, 3.8) is 0 Å². The number of hydrogen-bond donors (Lipinski definition) is 0.